The Kier molecular flexibility index (Phi) is 5.26. The lowest BCUT2D eigenvalue weighted by Gasteiger charge is -2.11. The van der Waals surface area contributed by atoms with Crippen molar-refractivity contribution in [2.24, 2.45) is 0 Å². The van der Waals surface area contributed by atoms with Gasteiger partial charge in [0.25, 0.3) is 0 Å². The molecule has 0 saturated heterocycles. The highest BCUT2D eigenvalue weighted by Crippen LogP contribution is 2.35. The van der Waals surface area contributed by atoms with Gasteiger partial charge in [0.05, 0.1) is 22.2 Å². The number of ether oxygens (including phenoxy) is 2. The first-order valence-electron chi connectivity index (χ1n) is 6.27. The quantitative estimate of drug-likeness (QED) is 0.728. The molecule has 3 nitrogen and oxygen atoms in total. The second-order valence-corrected chi connectivity index (χ2v) is 5.80. The summed E-state index contributed by atoms with van der Waals surface area (Å²) >= 11 is 9.53. The molecule has 0 unspecified atom stereocenters. The molecule has 2 aromatic carbocycles. The molecule has 0 bridgehead atoms. The molecule has 0 N–H and O–H groups in total. The third kappa shape index (κ3) is 3.99. The summed E-state index contributed by atoms with van der Waals surface area (Å²) in [5.74, 6) is 0.0626. The molecule has 0 radical (unpaired) electrons. The maximum Gasteiger partial charge on any atom is 0.337 e. The van der Waals surface area contributed by atoms with Crippen LogP contribution in [0.15, 0.2) is 40.9 Å². The summed E-state index contributed by atoms with van der Waals surface area (Å²) in [7, 11) is 1.33. The van der Waals surface area contributed by atoms with Crippen LogP contribution in [0, 0.1) is 6.92 Å². The first-order valence-corrected chi connectivity index (χ1v) is 7.44. The van der Waals surface area contributed by atoms with Crippen molar-refractivity contribution >= 4 is 33.5 Å². The van der Waals surface area contributed by atoms with Gasteiger partial charge in [0, 0.05) is 0 Å². The first-order chi connectivity index (χ1) is 10.0. The van der Waals surface area contributed by atoms with Crippen molar-refractivity contribution in [3.63, 3.8) is 0 Å². The highest BCUT2D eigenvalue weighted by molar-refractivity contribution is 9.10. The zero-order valence-corrected chi connectivity index (χ0v) is 14.0. The molecule has 0 amide bonds. The van der Waals surface area contributed by atoms with E-state index in [1.165, 1.54) is 18.7 Å². The van der Waals surface area contributed by atoms with Gasteiger partial charge < -0.3 is 9.47 Å². The molecule has 0 aliphatic heterocycles. The minimum absolute atomic E-state index is 0.358. The Morgan fingerprint density at radius 1 is 1.24 bits per heavy atom. The Hall–Kier alpha value is -1.52. The van der Waals surface area contributed by atoms with Crippen molar-refractivity contribution in [2.45, 2.75) is 13.5 Å². The first kappa shape index (κ1) is 15.9. The zero-order valence-electron chi connectivity index (χ0n) is 11.7. The molecule has 21 heavy (non-hydrogen) atoms. The molecule has 2 aromatic rings. The van der Waals surface area contributed by atoms with Gasteiger partial charge in [0.15, 0.2) is 5.75 Å². The Balaban J connectivity index is 2.17. The van der Waals surface area contributed by atoms with Crippen molar-refractivity contribution in [1.82, 2.24) is 0 Å². The van der Waals surface area contributed by atoms with Gasteiger partial charge in [-0.1, -0.05) is 41.4 Å². The monoisotopic (exact) mass is 368 g/mol. The standard InChI is InChI=1S/C16H14BrClO3/c1-10-3-5-11(6-4-10)9-21-15-13(17)7-12(8-14(15)18)16(19)20-2/h3-8H,9H2,1-2H3. The van der Waals surface area contributed by atoms with Crippen molar-refractivity contribution in [3.05, 3.63) is 62.6 Å². The van der Waals surface area contributed by atoms with Crippen molar-refractivity contribution < 1.29 is 14.3 Å². The lowest BCUT2D eigenvalue weighted by atomic mass is 10.2. The van der Waals surface area contributed by atoms with Crippen LogP contribution in [0.3, 0.4) is 0 Å². The van der Waals surface area contributed by atoms with Crippen LogP contribution in [-0.4, -0.2) is 13.1 Å². The van der Waals surface area contributed by atoms with Gasteiger partial charge in [-0.2, -0.15) is 0 Å². The van der Waals surface area contributed by atoms with Crippen LogP contribution in [0.2, 0.25) is 5.02 Å². The third-order valence-electron chi connectivity index (χ3n) is 2.92. The summed E-state index contributed by atoms with van der Waals surface area (Å²) in [4.78, 5) is 11.5. The summed E-state index contributed by atoms with van der Waals surface area (Å²) in [6.07, 6.45) is 0. The van der Waals surface area contributed by atoms with E-state index in [1.807, 2.05) is 31.2 Å². The molecule has 0 aliphatic carbocycles. The molecule has 0 aliphatic rings. The molecule has 0 saturated carbocycles. The molecule has 5 heteroatoms. The number of rotatable bonds is 4. The fourth-order valence-corrected chi connectivity index (χ4v) is 2.74. The Bertz CT molecular complexity index is 630. The number of halogens is 2. The maximum absolute atomic E-state index is 11.5. The molecule has 0 atom stereocenters. The minimum Gasteiger partial charge on any atom is -0.486 e. The Morgan fingerprint density at radius 3 is 2.48 bits per heavy atom. The summed E-state index contributed by atoms with van der Waals surface area (Å²) < 4.78 is 11.0. The second-order valence-electron chi connectivity index (χ2n) is 4.53. The number of methoxy groups -OCH3 is 1. The second kappa shape index (κ2) is 6.96. The summed E-state index contributed by atoms with van der Waals surface area (Å²) in [6, 6.07) is 11.2. The van der Waals surface area contributed by atoms with Gasteiger partial charge >= 0.3 is 5.97 Å². The highest BCUT2D eigenvalue weighted by Gasteiger charge is 2.14. The Morgan fingerprint density at radius 2 is 1.90 bits per heavy atom. The van der Waals surface area contributed by atoms with Crippen molar-refractivity contribution in [3.8, 4) is 5.75 Å². The smallest absolute Gasteiger partial charge is 0.337 e. The van der Waals surface area contributed by atoms with Crippen LogP contribution in [0.25, 0.3) is 0 Å². The van der Waals surface area contributed by atoms with E-state index in [-0.39, 0.29) is 0 Å². The van der Waals surface area contributed by atoms with Gasteiger partial charge in [-0.05, 0) is 40.5 Å². The molecule has 2 rings (SSSR count). The van der Waals surface area contributed by atoms with E-state index < -0.39 is 5.97 Å². The molecule has 0 aromatic heterocycles. The fourth-order valence-electron chi connectivity index (χ4n) is 1.77. The summed E-state index contributed by atoms with van der Waals surface area (Å²) in [5, 5.41) is 0.358. The van der Waals surface area contributed by atoms with Crippen LogP contribution in [0.5, 0.6) is 5.75 Å². The van der Waals surface area contributed by atoms with Gasteiger partial charge in [-0.3, -0.25) is 0 Å². The lowest BCUT2D eigenvalue weighted by molar-refractivity contribution is 0.0600. The zero-order chi connectivity index (χ0) is 15.4. The minimum atomic E-state index is -0.442. The SMILES string of the molecule is COC(=O)c1cc(Cl)c(OCc2ccc(C)cc2)c(Br)c1. The molecular formula is C16H14BrClO3. The third-order valence-corrected chi connectivity index (χ3v) is 3.79. The molecule has 0 heterocycles. The Labute approximate surface area is 137 Å². The number of benzene rings is 2. The largest absolute Gasteiger partial charge is 0.486 e. The molecule has 110 valence electrons. The van der Waals surface area contributed by atoms with E-state index in [2.05, 4.69) is 20.7 Å². The highest BCUT2D eigenvalue weighted by atomic mass is 79.9. The van der Waals surface area contributed by atoms with Gasteiger partial charge in [0.1, 0.15) is 6.61 Å². The van der Waals surface area contributed by atoms with Crippen LogP contribution in [0.1, 0.15) is 21.5 Å². The van der Waals surface area contributed by atoms with E-state index in [4.69, 9.17) is 16.3 Å². The summed E-state index contributed by atoms with van der Waals surface area (Å²) in [6.45, 7) is 2.43. The van der Waals surface area contributed by atoms with Gasteiger partial charge in [0.2, 0.25) is 0 Å². The van der Waals surface area contributed by atoms with Crippen LogP contribution < -0.4 is 4.74 Å². The van der Waals surface area contributed by atoms with Crippen molar-refractivity contribution in [2.75, 3.05) is 7.11 Å². The number of hydrogen-bond acceptors (Lipinski definition) is 3. The van der Waals surface area contributed by atoms with E-state index in [1.54, 1.807) is 6.07 Å². The number of carbonyl (C=O) groups is 1. The van der Waals surface area contributed by atoms with Gasteiger partial charge in [-0.15, -0.1) is 0 Å². The van der Waals surface area contributed by atoms with E-state index in [0.29, 0.717) is 27.4 Å². The number of carbonyl (C=O) groups excluding carboxylic acids is 1. The number of hydrogen-bond donors (Lipinski definition) is 0. The number of esters is 1. The molecule has 0 fully saturated rings. The maximum atomic E-state index is 11.5. The number of aryl methyl sites for hydroxylation is 1. The average molecular weight is 370 g/mol. The normalized spacial score (nSPS) is 10.3. The molecular weight excluding hydrogens is 356 g/mol. The lowest BCUT2D eigenvalue weighted by Crippen LogP contribution is -2.03. The predicted molar refractivity (Wildman–Crippen MR) is 86.0 cm³/mol. The average Bonchev–Trinajstić information content (AvgIpc) is 2.47. The van der Waals surface area contributed by atoms with Crippen LogP contribution in [-0.2, 0) is 11.3 Å². The van der Waals surface area contributed by atoms with Crippen LogP contribution >= 0.6 is 27.5 Å². The molecule has 0 spiro atoms. The topological polar surface area (TPSA) is 35.5 Å². The van der Waals surface area contributed by atoms with E-state index in [9.17, 15) is 4.79 Å². The fraction of sp³-hybridized carbons (Fsp3) is 0.188. The van der Waals surface area contributed by atoms with E-state index >= 15 is 0 Å². The van der Waals surface area contributed by atoms with Crippen LogP contribution in [0.4, 0.5) is 0 Å². The van der Waals surface area contributed by atoms with Gasteiger partial charge in [-0.25, -0.2) is 4.79 Å². The van der Waals surface area contributed by atoms with E-state index in [0.717, 1.165) is 5.56 Å². The van der Waals surface area contributed by atoms with Crippen molar-refractivity contribution in [1.29, 1.82) is 0 Å². The summed E-state index contributed by atoms with van der Waals surface area (Å²) in [5.41, 5.74) is 2.61. The predicted octanol–water partition coefficient (Wildman–Crippen LogP) is 4.78.